The first-order valence-corrected chi connectivity index (χ1v) is 8.27. The summed E-state index contributed by atoms with van der Waals surface area (Å²) in [5, 5.41) is 13.5. The molecule has 2 atom stereocenters. The topological polar surface area (TPSA) is 52.6 Å². The lowest BCUT2D eigenvalue weighted by atomic mass is 10.1. The number of benzene rings is 2. The molecule has 0 aliphatic rings. The van der Waals surface area contributed by atoms with Crippen molar-refractivity contribution >= 4 is 11.6 Å². The largest absolute Gasteiger partial charge is 0.387 e. The summed E-state index contributed by atoms with van der Waals surface area (Å²) >= 11 is 0. The number of para-hydroxylation sites is 1. The maximum atomic E-state index is 12.3. The van der Waals surface area contributed by atoms with Crippen LogP contribution in [0.2, 0.25) is 0 Å². The van der Waals surface area contributed by atoms with Crippen molar-refractivity contribution in [2.45, 2.75) is 32.4 Å². The lowest BCUT2D eigenvalue weighted by Crippen LogP contribution is -2.36. The summed E-state index contributed by atoms with van der Waals surface area (Å²) in [4.78, 5) is 14.0. The van der Waals surface area contributed by atoms with E-state index in [-0.39, 0.29) is 11.9 Å². The second-order valence-electron chi connectivity index (χ2n) is 6.23. The molecule has 0 fully saturated rings. The number of nitrogens with one attached hydrogen (secondary N) is 1. The molecule has 0 aliphatic heterocycles. The number of amides is 1. The van der Waals surface area contributed by atoms with Crippen LogP contribution in [0.15, 0.2) is 54.6 Å². The Hall–Kier alpha value is -2.17. The van der Waals surface area contributed by atoms with Crippen molar-refractivity contribution in [3.63, 3.8) is 0 Å². The van der Waals surface area contributed by atoms with Crippen LogP contribution in [-0.4, -0.2) is 30.6 Å². The van der Waals surface area contributed by atoms with E-state index in [1.165, 1.54) is 0 Å². The van der Waals surface area contributed by atoms with Gasteiger partial charge in [-0.2, -0.15) is 0 Å². The standard InChI is InChI=1S/C20H26N2O2/c1-15-8-7-9-17(12-15)19(23)14-21-16(2)13-20(24)22(3)18-10-5-4-6-11-18/h4-12,16,19,21,23H,13-14H2,1-3H3. The summed E-state index contributed by atoms with van der Waals surface area (Å²) in [7, 11) is 1.78. The van der Waals surface area contributed by atoms with Gasteiger partial charge in [0.05, 0.1) is 6.10 Å². The molecule has 2 aromatic rings. The van der Waals surface area contributed by atoms with Gasteiger partial charge in [0.1, 0.15) is 0 Å². The van der Waals surface area contributed by atoms with Crippen LogP contribution in [0.3, 0.4) is 0 Å². The van der Waals surface area contributed by atoms with Crippen molar-refractivity contribution in [1.82, 2.24) is 5.32 Å². The Bertz CT molecular complexity index is 658. The van der Waals surface area contributed by atoms with Crippen LogP contribution in [0.1, 0.15) is 30.6 Å². The highest BCUT2D eigenvalue weighted by Gasteiger charge is 2.16. The summed E-state index contributed by atoms with van der Waals surface area (Å²) in [6.45, 7) is 4.39. The predicted molar refractivity (Wildman–Crippen MR) is 98.1 cm³/mol. The normalized spacial score (nSPS) is 13.3. The van der Waals surface area contributed by atoms with E-state index >= 15 is 0 Å². The van der Waals surface area contributed by atoms with Gasteiger partial charge in [0, 0.05) is 31.7 Å². The maximum Gasteiger partial charge on any atom is 0.228 e. The van der Waals surface area contributed by atoms with E-state index < -0.39 is 6.10 Å². The highest BCUT2D eigenvalue weighted by atomic mass is 16.3. The van der Waals surface area contributed by atoms with Gasteiger partial charge >= 0.3 is 0 Å². The molecule has 2 N–H and O–H groups in total. The van der Waals surface area contributed by atoms with Crippen molar-refractivity contribution in [2.75, 3.05) is 18.5 Å². The predicted octanol–water partition coefficient (Wildman–Crippen LogP) is 3.06. The van der Waals surface area contributed by atoms with Crippen LogP contribution < -0.4 is 10.2 Å². The van der Waals surface area contributed by atoms with Crippen LogP contribution in [0.5, 0.6) is 0 Å². The van der Waals surface area contributed by atoms with Crippen molar-refractivity contribution < 1.29 is 9.90 Å². The smallest absolute Gasteiger partial charge is 0.228 e. The van der Waals surface area contributed by atoms with Gasteiger partial charge in [-0.05, 0) is 31.5 Å². The molecule has 0 saturated carbocycles. The number of carbonyl (C=O) groups is 1. The molecule has 1 amide bonds. The lowest BCUT2D eigenvalue weighted by molar-refractivity contribution is -0.118. The maximum absolute atomic E-state index is 12.3. The molecular formula is C20H26N2O2. The average Bonchev–Trinajstić information content (AvgIpc) is 2.59. The molecule has 4 heteroatoms. The van der Waals surface area contributed by atoms with Gasteiger partial charge in [-0.15, -0.1) is 0 Å². The Kier molecular flexibility index (Phi) is 6.53. The number of rotatable bonds is 7. The molecule has 2 unspecified atom stereocenters. The summed E-state index contributed by atoms with van der Waals surface area (Å²) in [5.74, 6) is 0.0474. The Morgan fingerprint density at radius 3 is 2.54 bits per heavy atom. The Labute approximate surface area is 144 Å². The van der Waals surface area contributed by atoms with Gasteiger partial charge < -0.3 is 15.3 Å². The van der Waals surface area contributed by atoms with Crippen LogP contribution in [0, 0.1) is 6.92 Å². The third kappa shape index (κ3) is 5.18. The van der Waals surface area contributed by atoms with E-state index in [2.05, 4.69) is 5.32 Å². The SMILES string of the molecule is Cc1cccc(C(O)CNC(C)CC(=O)N(C)c2ccccc2)c1. The molecule has 0 heterocycles. The third-order valence-electron chi connectivity index (χ3n) is 4.08. The molecule has 0 radical (unpaired) electrons. The number of carbonyl (C=O) groups excluding carboxylic acids is 1. The van der Waals surface area contributed by atoms with E-state index in [1.54, 1.807) is 11.9 Å². The molecule has 24 heavy (non-hydrogen) atoms. The highest BCUT2D eigenvalue weighted by Crippen LogP contribution is 2.15. The molecule has 0 aliphatic carbocycles. The first-order valence-electron chi connectivity index (χ1n) is 8.27. The fourth-order valence-electron chi connectivity index (χ4n) is 2.57. The molecule has 0 saturated heterocycles. The lowest BCUT2D eigenvalue weighted by Gasteiger charge is -2.21. The number of hydrogen-bond donors (Lipinski definition) is 2. The summed E-state index contributed by atoms with van der Waals surface area (Å²) in [6.07, 6.45) is -0.194. The van der Waals surface area contributed by atoms with E-state index in [0.717, 1.165) is 16.8 Å². The van der Waals surface area contributed by atoms with Gasteiger partial charge in [0.25, 0.3) is 0 Å². The number of aryl methyl sites for hydroxylation is 1. The minimum Gasteiger partial charge on any atom is -0.387 e. The highest BCUT2D eigenvalue weighted by molar-refractivity contribution is 5.93. The second kappa shape index (κ2) is 8.62. The van der Waals surface area contributed by atoms with E-state index in [1.807, 2.05) is 68.4 Å². The van der Waals surface area contributed by atoms with Crippen molar-refractivity contribution in [2.24, 2.45) is 0 Å². The van der Waals surface area contributed by atoms with Gasteiger partial charge in [-0.3, -0.25) is 4.79 Å². The second-order valence-corrected chi connectivity index (χ2v) is 6.23. The van der Waals surface area contributed by atoms with E-state index in [4.69, 9.17) is 0 Å². The van der Waals surface area contributed by atoms with Crippen LogP contribution in [0.4, 0.5) is 5.69 Å². The van der Waals surface area contributed by atoms with Gasteiger partial charge in [-0.25, -0.2) is 0 Å². The first-order chi connectivity index (χ1) is 11.5. The zero-order chi connectivity index (χ0) is 17.5. The Balaban J connectivity index is 1.82. The van der Waals surface area contributed by atoms with Crippen molar-refractivity contribution in [1.29, 1.82) is 0 Å². The molecule has 0 spiro atoms. The van der Waals surface area contributed by atoms with Crippen LogP contribution in [0.25, 0.3) is 0 Å². The fourth-order valence-corrected chi connectivity index (χ4v) is 2.57. The molecule has 128 valence electrons. The van der Waals surface area contributed by atoms with Gasteiger partial charge in [0.2, 0.25) is 5.91 Å². The minimum atomic E-state index is -0.575. The third-order valence-corrected chi connectivity index (χ3v) is 4.08. The van der Waals surface area contributed by atoms with Gasteiger partial charge in [0.15, 0.2) is 0 Å². The first kappa shape index (κ1) is 18.2. The van der Waals surface area contributed by atoms with Gasteiger partial charge in [-0.1, -0.05) is 48.0 Å². The average molecular weight is 326 g/mol. The summed E-state index contributed by atoms with van der Waals surface area (Å²) in [6, 6.07) is 17.4. The van der Waals surface area contributed by atoms with Crippen LogP contribution >= 0.6 is 0 Å². The Morgan fingerprint density at radius 2 is 1.88 bits per heavy atom. The number of aliphatic hydroxyl groups is 1. The van der Waals surface area contributed by atoms with E-state index in [9.17, 15) is 9.90 Å². The zero-order valence-corrected chi connectivity index (χ0v) is 14.6. The zero-order valence-electron chi connectivity index (χ0n) is 14.6. The number of anilines is 1. The fraction of sp³-hybridized carbons (Fsp3) is 0.350. The molecule has 4 nitrogen and oxygen atoms in total. The molecular weight excluding hydrogens is 300 g/mol. The van der Waals surface area contributed by atoms with Crippen molar-refractivity contribution in [3.8, 4) is 0 Å². The molecule has 2 rings (SSSR count). The quantitative estimate of drug-likeness (QED) is 0.822. The molecule has 2 aromatic carbocycles. The van der Waals surface area contributed by atoms with Crippen molar-refractivity contribution in [3.05, 3.63) is 65.7 Å². The van der Waals surface area contributed by atoms with E-state index in [0.29, 0.717) is 13.0 Å². The number of hydrogen-bond acceptors (Lipinski definition) is 3. The minimum absolute atomic E-state index is 0.0110. The van der Waals surface area contributed by atoms with Crippen LogP contribution in [-0.2, 0) is 4.79 Å². The summed E-state index contributed by atoms with van der Waals surface area (Å²) in [5.41, 5.74) is 2.90. The number of nitrogens with zero attached hydrogens (tertiary/aromatic N) is 1. The molecule has 0 bridgehead atoms. The Morgan fingerprint density at radius 1 is 1.17 bits per heavy atom. The molecule has 0 aromatic heterocycles. The monoisotopic (exact) mass is 326 g/mol. The number of aliphatic hydroxyl groups excluding tert-OH is 1. The summed E-state index contributed by atoms with van der Waals surface area (Å²) < 4.78 is 0.